The van der Waals surface area contributed by atoms with E-state index in [2.05, 4.69) is 40.1 Å². The van der Waals surface area contributed by atoms with Gasteiger partial charge in [-0.05, 0) is 12.0 Å². The van der Waals surface area contributed by atoms with Gasteiger partial charge < -0.3 is 0 Å². The highest BCUT2D eigenvalue weighted by atomic mass is 15.3. The zero-order chi connectivity index (χ0) is 10.1. The van der Waals surface area contributed by atoms with Gasteiger partial charge in [0, 0.05) is 38.8 Å². The molecule has 3 fully saturated rings. The molecule has 3 aliphatic heterocycles. The lowest BCUT2D eigenvalue weighted by molar-refractivity contribution is 0.0136. The predicted molar refractivity (Wildman–Crippen MR) is 61.9 cm³/mol. The third-order valence-corrected chi connectivity index (χ3v) is 3.71. The molecule has 3 aliphatic rings. The number of rotatable bonds is 2. The third-order valence-electron chi connectivity index (χ3n) is 3.71. The van der Waals surface area contributed by atoms with Crippen LogP contribution in [0, 0.1) is 0 Å². The van der Waals surface area contributed by atoms with Gasteiger partial charge in [0.1, 0.15) is 0 Å². The first-order chi connectivity index (χ1) is 7.42. The fourth-order valence-electron chi connectivity index (χ4n) is 2.80. The van der Waals surface area contributed by atoms with Crippen LogP contribution in [-0.4, -0.2) is 48.6 Å². The van der Waals surface area contributed by atoms with Gasteiger partial charge in [-0.15, -0.1) is 0 Å². The summed E-state index contributed by atoms with van der Waals surface area (Å²) in [7, 11) is 0. The quantitative estimate of drug-likeness (QED) is 0.711. The maximum atomic E-state index is 2.66. The number of hydrogen-bond donors (Lipinski definition) is 0. The van der Waals surface area contributed by atoms with Crippen molar-refractivity contribution in [2.24, 2.45) is 0 Å². The highest BCUT2D eigenvalue weighted by Gasteiger charge is 2.31. The summed E-state index contributed by atoms with van der Waals surface area (Å²) >= 11 is 0. The van der Waals surface area contributed by atoms with E-state index in [9.17, 15) is 0 Å². The van der Waals surface area contributed by atoms with Gasteiger partial charge in [-0.1, -0.05) is 30.3 Å². The molecular formula is C13H18N2. The van der Waals surface area contributed by atoms with Crippen molar-refractivity contribution in [2.45, 2.75) is 12.5 Å². The molecule has 0 aliphatic carbocycles. The predicted octanol–water partition coefficient (Wildman–Crippen LogP) is 1.23. The Labute approximate surface area is 91.5 Å². The Bertz CT molecular complexity index is 315. The van der Waals surface area contributed by atoms with Crippen LogP contribution in [0.1, 0.15) is 5.56 Å². The first kappa shape index (κ1) is 9.37. The van der Waals surface area contributed by atoms with E-state index in [0.717, 1.165) is 6.04 Å². The molecule has 0 N–H and O–H groups in total. The van der Waals surface area contributed by atoms with Gasteiger partial charge in [0.25, 0.3) is 0 Å². The number of nitrogens with zero attached hydrogens (tertiary/aromatic N) is 2. The lowest BCUT2D eigenvalue weighted by Crippen LogP contribution is -2.61. The summed E-state index contributed by atoms with van der Waals surface area (Å²) in [5.74, 6) is 0. The van der Waals surface area contributed by atoms with Crippen LogP contribution in [-0.2, 0) is 6.42 Å². The summed E-state index contributed by atoms with van der Waals surface area (Å²) in [5, 5.41) is 0. The molecule has 2 nitrogen and oxygen atoms in total. The van der Waals surface area contributed by atoms with Crippen molar-refractivity contribution in [1.29, 1.82) is 0 Å². The van der Waals surface area contributed by atoms with E-state index in [-0.39, 0.29) is 0 Å². The van der Waals surface area contributed by atoms with E-state index in [4.69, 9.17) is 0 Å². The third kappa shape index (κ3) is 1.92. The minimum absolute atomic E-state index is 0.759. The maximum absolute atomic E-state index is 2.66. The zero-order valence-electron chi connectivity index (χ0n) is 9.10. The summed E-state index contributed by atoms with van der Waals surface area (Å²) in [4.78, 5) is 5.26. The highest BCUT2D eigenvalue weighted by Crippen LogP contribution is 2.18. The van der Waals surface area contributed by atoms with Crippen molar-refractivity contribution < 1.29 is 0 Å². The van der Waals surface area contributed by atoms with Gasteiger partial charge in [-0.25, -0.2) is 0 Å². The van der Waals surface area contributed by atoms with E-state index in [0.29, 0.717) is 0 Å². The molecule has 1 aromatic rings. The lowest BCUT2D eigenvalue weighted by Gasteiger charge is -2.47. The zero-order valence-corrected chi connectivity index (χ0v) is 9.10. The fraction of sp³-hybridized carbons (Fsp3) is 0.538. The lowest BCUT2D eigenvalue weighted by atomic mass is 10.00. The maximum Gasteiger partial charge on any atom is 0.0264 e. The van der Waals surface area contributed by atoms with Crippen LogP contribution >= 0.6 is 0 Å². The van der Waals surface area contributed by atoms with Crippen LogP contribution in [0.25, 0.3) is 0 Å². The normalized spacial score (nSPS) is 34.3. The molecule has 0 spiro atoms. The molecule has 0 amide bonds. The first-order valence-electron chi connectivity index (χ1n) is 5.92. The van der Waals surface area contributed by atoms with Crippen molar-refractivity contribution in [3.8, 4) is 0 Å². The summed E-state index contributed by atoms with van der Waals surface area (Å²) in [6, 6.07) is 11.6. The Hall–Kier alpha value is -0.860. The summed E-state index contributed by atoms with van der Waals surface area (Å²) in [6.07, 6.45) is 1.22. The summed E-state index contributed by atoms with van der Waals surface area (Å²) < 4.78 is 0. The van der Waals surface area contributed by atoms with E-state index < -0.39 is 0 Å². The van der Waals surface area contributed by atoms with Crippen molar-refractivity contribution in [1.82, 2.24) is 9.80 Å². The smallest absolute Gasteiger partial charge is 0.0264 e. The van der Waals surface area contributed by atoms with Crippen molar-refractivity contribution in [3.63, 3.8) is 0 Å². The van der Waals surface area contributed by atoms with E-state index >= 15 is 0 Å². The van der Waals surface area contributed by atoms with Gasteiger partial charge in [0.15, 0.2) is 0 Å². The highest BCUT2D eigenvalue weighted by molar-refractivity contribution is 5.16. The Morgan fingerprint density at radius 1 is 1.00 bits per heavy atom. The Balaban J connectivity index is 1.69. The van der Waals surface area contributed by atoms with Crippen LogP contribution in [0.3, 0.4) is 0 Å². The van der Waals surface area contributed by atoms with Gasteiger partial charge in [0.2, 0.25) is 0 Å². The SMILES string of the molecule is c1ccc(C[C@H]2CN3CCN2CC3)cc1. The molecular weight excluding hydrogens is 184 g/mol. The Morgan fingerprint density at radius 3 is 2.33 bits per heavy atom. The topological polar surface area (TPSA) is 6.48 Å². The molecule has 1 atom stereocenters. The van der Waals surface area contributed by atoms with Crippen molar-refractivity contribution in [2.75, 3.05) is 32.7 Å². The number of piperazine rings is 3. The second-order valence-electron chi connectivity index (χ2n) is 4.68. The fourth-order valence-corrected chi connectivity index (χ4v) is 2.80. The standard InChI is InChI=1S/C13H18N2/c1-2-4-12(5-3-1)10-13-11-14-6-8-15(13)9-7-14/h1-5,13H,6-11H2/t13-/m0/s1. The minimum atomic E-state index is 0.759. The van der Waals surface area contributed by atoms with Crippen LogP contribution in [0.2, 0.25) is 0 Å². The molecule has 4 rings (SSSR count). The Morgan fingerprint density at radius 2 is 1.73 bits per heavy atom. The molecule has 0 unspecified atom stereocenters. The average molecular weight is 202 g/mol. The van der Waals surface area contributed by atoms with Crippen LogP contribution < -0.4 is 0 Å². The summed E-state index contributed by atoms with van der Waals surface area (Å²) in [5.41, 5.74) is 1.48. The average Bonchev–Trinajstić information content (AvgIpc) is 2.32. The second-order valence-corrected chi connectivity index (χ2v) is 4.68. The molecule has 3 saturated heterocycles. The molecule has 0 radical (unpaired) electrons. The van der Waals surface area contributed by atoms with Crippen LogP contribution in [0.15, 0.2) is 30.3 Å². The van der Waals surface area contributed by atoms with Gasteiger partial charge in [-0.3, -0.25) is 9.80 Å². The second kappa shape index (κ2) is 3.95. The monoisotopic (exact) mass is 202 g/mol. The van der Waals surface area contributed by atoms with Gasteiger partial charge in [-0.2, -0.15) is 0 Å². The molecule has 0 saturated carbocycles. The number of hydrogen-bond acceptors (Lipinski definition) is 2. The molecule has 2 bridgehead atoms. The van der Waals surface area contributed by atoms with Crippen molar-refractivity contribution >= 4 is 0 Å². The molecule has 0 aromatic heterocycles. The van der Waals surface area contributed by atoms with Crippen LogP contribution in [0.5, 0.6) is 0 Å². The molecule has 2 heteroatoms. The van der Waals surface area contributed by atoms with E-state index in [1.165, 1.54) is 44.7 Å². The van der Waals surface area contributed by atoms with Crippen molar-refractivity contribution in [3.05, 3.63) is 35.9 Å². The Kier molecular flexibility index (Phi) is 2.47. The van der Waals surface area contributed by atoms with E-state index in [1.54, 1.807) is 0 Å². The molecule has 80 valence electrons. The number of fused-ring (bicyclic) bond motifs is 3. The number of benzene rings is 1. The molecule has 15 heavy (non-hydrogen) atoms. The van der Waals surface area contributed by atoms with Gasteiger partial charge in [0.05, 0.1) is 0 Å². The first-order valence-corrected chi connectivity index (χ1v) is 5.92. The molecule has 1 aromatic carbocycles. The largest absolute Gasteiger partial charge is 0.299 e. The molecule has 3 heterocycles. The summed E-state index contributed by atoms with van der Waals surface area (Å²) in [6.45, 7) is 6.39. The van der Waals surface area contributed by atoms with Gasteiger partial charge >= 0.3 is 0 Å². The van der Waals surface area contributed by atoms with E-state index in [1.807, 2.05) is 0 Å². The van der Waals surface area contributed by atoms with Crippen LogP contribution in [0.4, 0.5) is 0 Å². The minimum Gasteiger partial charge on any atom is -0.299 e.